The number of likely N-dealkylation sites (tertiary alicyclic amines) is 1. The van der Waals surface area contributed by atoms with Crippen LogP contribution in [0.2, 0.25) is 0 Å². The van der Waals surface area contributed by atoms with Crippen LogP contribution in [0.15, 0.2) is 23.0 Å². The predicted octanol–water partition coefficient (Wildman–Crippen LogP) is 1.34. The Balaban J connectivity index is 1.26. The largest absolute Gasteiger partial charge is 0.472 e. The summed E-state index contributed by atoms with van der Waals surface area (Å²) in [5.41, 5.74) is 1.13. The van der Waals surface area contributed by atoms with Gasteiger partial charge in [-0.3, -0.25) is 4.90 Å². The number of ether oxygens (including phenoxy) is 1. The molecule has 23 heavy (non-hydrogen) atoms. The van der Waals surface area contributed by atoms with E-state index in [1.165, 1.54) is 5.56 Å². The van der Waals surface area contributed by atoms with E-state index in [1.54, 1.807) is 12.5 Å². The summed E-state index contributed by atoms with van der Waals surface area (Å²) in [7, 11) is -3.06. The van der Waals surface area contributed by atoms with Crippen LogP contribution in [0, 0.1) is 5.92 Å². The molecule has 3 fully saturated rings. The lowest BCUT2D eigenvalue weighted by Crippen LogP contribution is -2.64. The van der Waals surface area contributed by atoms with Gasteiger partial charge in [-0.05, 0) is 37.7 Å². The highest BCUT2D eigenvalue weighted by atomic mass is 32.2. The molecule has 0 bridgehead atoms. The molecule has 128 valence electrons. The highest BCUT2D eigenvalue weighted by Crippen LogP contribution is 2.42. The fourth-order valence-corrected chi connectivity index (χ4v) is 5.27. The summed E-state index contributed by atoms with van der Waals surface area (Å²) in [5, 5.41) is -0.134. The van der Waals surface area contributed by atoms with Crippen LogP contribution in [0.1, 0.15) is 31.2 Å². The van der Waals surface area contributed by atoms with Crippen LogP contribution < -0.4 is 4.72 Å². The third-order valence-corrected chi connectivity index (χ3v) is 7.28. The number of rotatable bonds is 7. The average molecular weight is 340 g/mol. The van der Waals surface area contributed by atoms with Crippen molar-refractivity contribution in [3.8, 4) is 0 Å². The predicted molar refractivity (Wildman–Crippen MR) is 85.3 cm³/mol. The third kappa shape index (κ3) is 3.20. The Kier molecular flexibility index (Phi) is 3.99. The van der Waals surface area contributed by atoms with Crippen molar-refractivity contribution in [3.63, 3.8) is 0 Å². The Hall–Kier alpha value is -0.890. The molecule has 4 rings (SSSR count). The molecule has 7 heteroatoms. The smallest absolute Gasteiger partial charge is 0.214 e. The number of hydrogen-bond acceptors (Lipinski definition) is 5. The van der Waals surface area contributed by atoms with E-state index in [1.807, 2.05) is 6.07 Å². The number of nitrogens with one attached hydrogen (secondary N) is 1. The number of hydrogen-bond donors (Lipinski definition) is 1. The molecule has 3 heterocycles. The lowest BCUT2D eigenvalue weighted by molar-refractivity contribution is -0.136. The number of nitrogens with zero attached hydrogens (tertiary/aromatic N) is 1. The molecule has 1 N–H and O–H groups in total. The summed E-state index contributed by atoms with van der Waals surface area (Å²) in [4.78, 5) is 2.36. The molecule has 1 aromatic rings. The molecule has 0 aromatic carbocycles. The van der Waals surface area contributed by atoms with Gasteiger partial charge < -0.3 is 9.15 Å². The fourth-order valence-electron chi connectivity index (χ4n) is 3.88. The molecule has 0 amide bonds. The van der Waals surface area contributed by atoms with E-state index >= 15 is 0 Å². The first-order valence-electron chi connectivity index (χ1n) is 8.43. The zero-order valence-corrected chi connectivity index (χ0v) is 14.1. The standard InChI is InChI=1S/C16H24N2O4S/c19-23(20,15-1-2-15)17-6-3-14-5-8-22-16(14)11-18(12-16)9-13-4-7-21-10-13/h4,7,10,14-15,17H,1-3,5-6,8-9,11-12H2/t14-/m0/s1. The van der Waals surface area contributed by atoms with Gasteiger partial charge >= 0.3 is 0 Å². The normalized spacial score (nSPS) is 27.4. The number of furan rings is 1. The van der Waals surface area contributed by atoms with E-state index in [-0.39, 0.29) is 10.9 Å². The molecule has 1 saturated carbocycles. The summed E-state index contributed by atoms with van der Waals surface area (Å²) in [6, 6.07) is 1.99. The Bertz CT molecular complexity index is 633. The van der Waals surface area contributed by atoms with Gasteiger partial charge in [0.25, 0.3) is 0 Å². The van der Waals surface area contributed by atoms with Crippen molar-refractivity contribution in [2.24, 2.45) is 5.92 Å². The molecular formula is C16H24N2O4S. The molecule has 1 aliphatic carbocycles. The highest BCUT2D eigenvalue weighted by Gasteiger charge is 2.52. The first-order valence-corrected chi connectivity index (χ1v) is 9.98. The second kappa shape index (κ2) is 5.88. The van der Waals surface area contributed by atoms with Crippen LogP contribution in [-0.4, -0.2) is 50.4 Å². The Labute approximate surface area is 137 Å². The highest BCUT2D eigenvalue weighted by molar-refractivity contribution is 7.90. The number of sulfonamides is 1. The average Bonchev–Trinajstić information content (AvgIpc) is 3.08. The molecule has 0 radical (unpaired) electrons. The second-order valence-corrected chi connectivity index (χ2v) is 9.15. The van der Waals surface area contributed by atoms with E-state index in [0.29, 0.717) is 12.5 Å². The van der Waals surface area contributed by atoms with Gasteiger partial charge in [0.2, 0.25) is 10.0 Å². The minimum atomic E-state index is -3.06. The molecule has 3 aliphatic rings. The topological polar surface area (TPSA) is 71.8 Å². The summed E-state index contributed by atoms with van der Waals surface area (Å²) in [5.74, 6) is 0.449. The van der Waals surface area contributed by atoms with Gasteiger partial charge in [0.15, 0.2) is 0 Å². The quantitative estimate of drug-likeness (QED) is 0.811. The van der Waals surface area contributed by atoms with Crippen molar-refractivity contribution in [2.45, 2.75) is 43.1 Å². The van der Waals surface area contributed by atoms with Gasteiger partial charge in [-0.2, -0.15) is 0 Å². The van der Waals surface area contributed by atoms with E-state index in [9.17, 15) is 8.42 Å². The van der Waals surface area contributed by atoms with Crippen LogP contribution in [0.25, 0.3) is 0 Å². The van der Waals surface area contributed by atoms with E-state index in [2.05, 4.69) is 9.62 Å². The van der Waals surface area contributed by atoms with Crippen LogP contribution in [0.3, 0.4) is 0 Å². The van der Waals surface area contributed by atoms with Crippen LogP contribution in [0.4, 0.5) is 0 Å². The summed E-state index contributed by atoms with van der Waals surface area (Å²) in [6.07, 6.45) is 7.01. The van der Waals surface area contributed by atoms with E-state index in [4.69, 9.17) is 9.15 Å². The summed E-state index contributed by atoms with van der Waals surface area (Å²) >= 11 is 0. The Morgan fingerprint density at radius 2 is 2.13 bits per heavy atom. The molecule has 1 atom stereocenters. The fraction of sp³-hybridized carbons (Fsp3) is 0.750. The van der Waals surface area contributed by atoms with E-state index in [0.717, 1.165) is 51.9 Å². The summed E-state index contributed by atoms with van der Waals surface area (Å²) in [6.45, 7) is 4.08. The van der Waals surface area contributed by atoms with Crippen molar-refractivity contribution in [2.75, 3.05) is 26.2 Å². The lowest BCUT2D eigenvalue weighted by Gasteiger charge is -2.50. The van der Waals surface area contributed by atoms with Crippen molar-refractivity contribution in [1.82, 2.24) is 9.62 Å². The third-order valence-electron chi connectivity index (χ3n) is 5.33. The molecule has 2 saturated heterocycles. The van der Waals surface area contributed by atoms with Gasteiger partial charge in [-0.25, -0.2) is 13.1 Å². The first-order chi connectivity index (χ1) is 11.1. The molecule has 1 spiro atoms. The minimum Gasteiger partial charge on any atom is -0.472 e. The van der Waals surface area contributed by atoms with Gasteiger partial charge in [0, 0.05) is 38.3 Å². The van der Waals surface area contributed by atoms with Gasteiger partial charge in [0.1, 0.15) is 0 Å². The zero-order chi connectivity index (χ0) is 15.9. The second-order valence-electron chi connectivity index (χ2n) is 7.10. The Morgan fingerprint density at radius 3 is 2.83 bits per heavy atom. The molecule has 0 unspecified atom stereocenters. The van der Waals surface area contributed by atoms with Crippen LogP contribution in [-0.2, 0) is 21.3 Å². The van der Waals surface area contributed by atoms with Crippen LogP contribution in [0.5, 0.6) is 0 Å². The SMILES string of the molecule is O=S(=O)(NCC[C@H]1CCOC12CN(Cc1ccoc1)C2)C1CC1. The van der Waals surface area contributed by atoms with Crippen molar-refractivity contribution in [3.05, 3.63) is 24.2 Å². The molecule has 2 aliphatic heterocycles. The Morgan fingerprint density at radius 1 is 1.30 bits per heavy atom. The van der Waals surface area contributed by atoms with Gasteiger partial charge in [0.05, 0.1) is 23.4 Å². The molecule has 6 nitrogen and oxygen atoms in total. The monoisotopic (exact) mass is 340 g/mol. The molecular weight excluding hydrogens is 316 g/mol. The maximum Gasteiger partial charge on any atom is 0.214 e. The van der Waals surface area contributed by atoms with Gasteiger partial charge in [-0.15, -0.1) is 0 Å². The first kappa shape index (κ1) is 15.6. The van der Waals surface area contributed by atoms with Gasteiger partial charge in [-0.1, -0.05) is 0 Å². The van der Waals surface area contributed by atoms with E-state index < -0.39 is 10.0 Å². The van der Waals surface area contributed by atoms with Crippen molar-refractivity contribution < 1.29 is 17.6 Å². The summed E-state index contributed by atoms with van der Waals surface area (Å²) < 4.78 is 37.7. The zero-order valence-electron chi connectivity index (χ0n) is 13.2. The maximum absolute atomic E-state index is 11.9. The lowest BCUT2D eigenvalue weighted by atomic mass is 9.79. The minimum absolute atomic E-state index is 0.0608. The van der Waals surface area contributed by atoms with Crippen LogP contribution >= 0.6 is 0 Å². The van der Waals surface area contributed by atoms with Crippen molar-refractivity contribution in [1.29, 1.82) is 0 Å². The molecule has 1 aromatic heterocycles. The van der Waals surface area contributed by atoms with Crippen molar-refractivity contribution >= 4 is 10.0 Å². The maximum atomic E-state index is 11.9.